The maximum Gasteiger partial charge on any atom is 0.266 e. The summed E-state index contributed by atoms with van der Waals surface area (Å²) < 4.78 is 49.7. The highest BCUT2D eigenvalue weighted by Crippen LogP contribution is 2.49. The molecule has 8 atom stereocenters. The number of anilines is 1. The number of nitrogens with zero attached hydrogens (tertiary/aromatic N) is 1. The summed E-state index contributed by atoms with van der Waals surface area (Å²) in [5.74, 6) is -2.11. The van der Waals surface area contributed by atoms with Crippen LogP contribution in [0, 0.1) is 11.7 Å². The van der Waals surface area contributed by atoms with Crippen molar-refractivity contribution in [1.82, 2.24) is 10.6 Å². The monoisotopic (exact) mass is 837 g/mol. The van der Waals surface area contributed by atoms with Crippen LogP contribution in [-0.2, 0) is 31.0 Å². The first-order chi connectivity index (χ1) is 28.1. The predicted octanol–water partition coefficient (Wildman–Crippen LogP) is 2.41. The molecule has 1 unspecified atom stereocenters. The quantitative estimate of drug-likeness (QED) is 0.0422. The van der Waals surface area contributed by atoms with Crippen LogP contribution in [0.15, 0.2) is 91.0 Å². The molecule has 0 spiro atoms. The molecule has 59 heavy (non-hydrogen) atoms. The molecule has 4 aromatic carbocycles. The molecule has 0 radical (unpaired) electrons. The second-order valence-corrected chi connectivity index (χ2v) is 16.4. The summed E-state index contributed by atoms with van der Waals surface area (Å²) in [5, 5.41) is 68.5. The van der Waals surface area contributed by atoms with Gasteiger partial charge in [0.1, 0.15) is 42.1 Å². The minimum absolute atomic E-state index is 0.00629. The second kappa shape index (κ2) is 19.1. The maximum atomic E-state index is 13.8. The molecule has 15 nitrogen and oxygen atoms in total. The normalized spacial score (nSPS) is 23.7. The van der Waals surface area contributed by atoms with Crippen LogP contribution in [0.3, 0.4) is 0 Å². The number of amides is 2. The van der Waals surface area contributed by atoms with Crippen LogP contribution in [0.4, 0.5) is 10.1 Å². The summed E-state index contributed by atoms with van der Waals surface area (Å²) in [6.45, 7) is -0.140. The SMILES string of the molecule is O=C(CCNCCS(=O)(=O)O)NCc1ccc(N2C(=O)[C@H](CC[C@H](O)c3ccc(F)cc3)[C@H]2c2ccc(-c3ccc(C4O[C@H](CO)[C@@H](O)[C@H](O)[C@H]4O)cc3)cc2O)cc1. The van der Waals surface area contributed by atoms with Crippen LogP contribution in [0.25, 0.3) is 11.1 Å². The van der Waals surface area contributed by atoms with E-state index in [-0.39, 0.29) is 56.5 Å². The number of β-lactam (4-membered cyclic amide) rings is 1. The Balaban J connectivity index is 1.17. The zero-order chi connectivity index (χ0) is 42.4. The number of halogens is 1. The zero-order valence-electron chi connectivity index (χ0n) is 31.8. The molecule has 316 valence electrons. The Labute approximate surface area is 340 Å². The van der Waals surface area contributed by atoms with Gasteiger partial charge in [0.2, 0.25) is 11.8 Å². The molecule has 2 saturated heterocycles. The molecule has 6 rings (SSSR count). The first kappa shape index (κ1) is 43.8. The molecule has 4 aromatic rings. The minimum Gasteiger partial charge on any atom is -0.508 e. The molecule has 0 bridgehead atoms. The van der Waals surface area contributed by atoms with Gasteiger partial charge in [0, 0.05) is 37.3 Å². The van der Waals surface area contributed by atoms with Gasteiger partial charge in [0.15, 0.2) is 0 Å². The Kier molecular flexibility index (Phi) is 14.1. The lowest BCUT2D eigenvalue weighted by molar-refractivity contribution is -0.231. The molecule has 2 heterocycles. The first-order valence-electron chi connectivity index (χ1n) is 19.2. The highest BCUT2D eigenvalue weighted by Gasteiger charge is 2.49. The minimum atomic E-state index is -4.09. The molecule has 9 N–H and O–H groups in total. The van der Waals surface area contributed by atoms with Crippen molar-refractivity contribution in [2.24, 2.45) is 5.92 Å². The molecule has 0 aliphatic carbocycles. The van der Waals surface area contributed by atoms with E-state index in [4.69, 9.17) is 9.29 Å². The van der Waals surface area contributed by atoms with Gasteiger partial charge in [0.05, 0.1) is 30.4 Å². The number of carbonyl (C=O) groups excluding carboxylic acids is 2. The Morgan fingerprint density at radius 3 is 2.20 bits per heavy atom. The number of nitrogens with one attached hydrogen (secondary N) is 2. The van der Waals surface area contributed by atoms with Gasteiger partial charge in [-0.05, 0) is 71.0 Å². The van der Waals surface area contributed by atoms with E-state index in [1.807, 2.05) is 0 Å². The van der Waals surface area contributed by atoms with Crippen molar-refractivity contribution in [3.05, 3.63) is 119 Å². The topological polar surface area (TPSA) is 246 Å². The summed E-state index contributed by atoms with van der Waals surface area (Å²) in [6, 6.07) is 23.7. The van der Waals surface area contributed by atoms with Crippen molar-refractivity contribution in [1.29, 1.82) is 0 Å². The summed E-state index contributed by atoms with van der Waals surface area (Å²) >= 11 is 0. The fourth-order valence-electron chi connectivity index (χ4n) is 7.47. The number of benzene rings is 4. The fourth-order valence-corrected chi connectivity index (χ4v) is 7.87. The number of ether oxygens (including phenoxy) is 1. The van der Waals surface area contributed by atoms with Gasteiger partial charge in [-0.3, -0.25) is 14.1 Å². The predicted molar refractivity (Wildman–Crippen MR) is 213 cm³/mol. The van der Waals surface area contributed by atoms with Crippen molar-refractivity contribution in [2.75, 3.05) is 30.3 Å². The molecular weight excluding hydrogens is 790 g/mol. The van der Waals surface area contributed by atoms with Gasteiger partial charge in [-0.2, -0.15) is 8.42 Å². The third kappa shape index (κ3) is 10.5. The smallest absolute Gasteiger partial charge is 0.266 e. The highest BCUT2D eigenvalue weighted by molar-refractivity contribution is 7.85. The second-order valence-electron chi connectivity index (χ2n) is 14.8. The van der Waals surface area contributed by atoms with E-state index >= 15 is 0 Å². The van der Waals surface area contributed by atoms with E-state index in [0.29, 0.717) is 33.5 Å². The van der Waals surface area contributed by atoms with Crippen LogP contribution >= 0.6 is 0 Å². The number of rotatable bonds is 17. The summed E-state index contributed by atoms with van der Waals surface area (Å²) in [5.41, 5.74) is 4.08. The highest BCUT2D eigenvalue weighted by atomic mass is 32.2. The number of phenols is 1. The van der Waals surface area contributed by atoms with Crippen molar-refractivity contribution in [2.45, 2.75) is 68.5 Å². The lowest BCUT2D eigenvalue weighted by atomic mass is 9.77. The number of phenolic OH excluding ortho intramolecular Hbond substituents is 1. The van der Waals surface area contributed by atoms with Crippen LogP contribution in [0.2, 0.25) is 0 Å². The van der Waals surface area contributed by atoms with Gasteiger partial charge in [0.25, 0.3) is 10.1 Å². The van der Waals surface area contributed by atoms with Crippen molar-refractivity contribution < 1.29 is 62.3 Å². The van der Waals surface area contributed by atoms with E-state index in [2.05, 4.69) is 10.6 Å². The number of hydrogen-bond acceptors (Lipinski definition) is 12. The summed E-state index contributed by atoms with van der Waals surface area (Å²) in [6.07, 6.45) is -6.93. The molecule has 2 aliphatic rings. The number of carbonyl (C=O) groups is 2. The Bertz CT molecular complexity index is 2170. The Morgan fingerprint density at radius 1 is 0.881 bits per heavy atom. The van der Waals surface area contributed by atoms with Crippen molar-refractivity contribution in [3.8, 4) is 16.9 Å². The molecule has 2 fully saturated rings. The molecule has 0 saturated carbocycles. The third-order valence-corrected chi connectivity index (χ3v) is 11.5. The molecule has 2 amide bonds. The van der Waals surface area contributed by atoms with E-state index < -0.39 is 76.9 Å². The zero-order valence-corrected chi connectivity index (χ0v) is 32.7. The fraction of sp³-hybridized carbons (Fsp3) is 0.381. The van der Waals surface area contributed by atoms with Gasteiger partial charge >= 0.3 is 0 Å². The standard InChI is InChI=1S/C42H48FN3O12S/c43-29-10-7-26(8-11-29)33(48)16-15-32-37(46(42(32)54)30-12-1-24(2-13-30)22-45-36(50)17-18-44-19-20-59(55,56)57)31-14-9-28(21-34(31)49)25-3-5-27(6-4-25)41-40(53)39(52)38(51)35(23-47)58-41/h1-14,21,32-33,35,37-41,44,47-49,51-53H,15-20,22-23H2,(H,45,50)(H,55,56,57)/t32-,33+,35-,37-,38-,39+,40-,41?/m1/s1. The average Bonchev–Trinajstić information content (AvgIpc) is 3.21. The van der Waals surface area contributed by atoms with Gasteiger partial charge in [-0.15, -0.1) is 0 Å². The lowest BCUT2D eigenvalue weighted by Crippen LogP contribution is -2.55. The van der Waals surface area contributed by atoms with E-state index in [1.165, 1.54) is 24.3 Å². The Morgan fingerprint density at radius 2 is 1.56 bits per heavy atom. The van der Waals surface area contributed by atoms with Crippen LogP contribution in [0.5, 0.6) is 5.75 Å². The number of aromatic hydroxyl groups is 1. The maximum absolute atomic E-state index is 13.8. The van der Waals surface area contributed by atoms with E-state index in [1.54, 1.807) is 71.6 Å². The number of aliphatic hydroxyl groups is 5. The summed E-state index contributed by atoms with van der Waals surface area (Å²) in [4.78, 5) is 27.7. The van der Waals surface area contributed by atoms with Gasteiger partial charge in [-0.25, -0.2) is 4.39 Å². The van der Waals surface area contributed by atoms with E-state index in [0.717, 1.165) is 5.56 Å². The lowest BCUT2D eigenvalue weighted by Gasteiger charge is -2.48. The van der Waals surface area contributed by atoms with Crippen LogP contribution < -0.4 is 15.5 Å². The van der Waals surface area contributed by atoms with Gasteiger partial charge in [-0.1, -0.05) is 60.7 Å². The van der Waals surface area contributed by atoms with Crippen LogP contribution in [0.1, 0.15) is 59.8 Å². The van der Waals surface area contributed by atoms with Crippen LogP contribution in [-0.4, -0.2) is 105 Å². The van der Waals surface area contributed by atoms with E-state index in [9.17, 15) is 53.0 Å². The molecular formula is C42H48FN3O12S. The number of hydrogen-bond donors (Lipinski definition) is 9. The van der Waals surface area contributed by atoms with Crippen molar-refractivity contribution >= 4 is 27.6 Å². The Hall–Kier alpha value is -4.82. The molecule has 17 heteroatoms. The van der Waals surface area contributed by atoms with Crippen molar-refractivity contribution in [3.63, 3.8) is 0 Å². The van der Waals surface area contributed by atoms with Gasteiger partial charge < -0.3 is 50.9 Å². The number of aliphatic hydroxyl groups excluding tert-OH is 5. The first-order valence-corrected chi connectivity index (χ1v) is 20.8. The third-order valence-electron chi connectivity index (χ3n) is 10.8. The average molecular weight is 838 g/mol. The largest absolute Gasteiger partial charge is 0.508 e. The molecule has 0 aromatic heterocycles. The summed E-state index contributed by atoms with van der Waals surface area (Å²) in [7, 11) is -4.09. The molecule has 2 aliphatic heterocycles.